The first-order valence-corrected chi connectivity index (χ1v) is 7.60. The van der Waals surface area contributed by atoms with Gasteiger partial charge in [-0.3, -0.25) is 0 Å². The summed E-state index contributed by atoms with van der Waals surface area (Å²) in [5.41, 5.74) is 4.55. The second kappa shape index (κ2) is 8.33. The molecule has 0 unspecified atom stereocenters. The molecular formula is C17H17F5N2O2. The summed E-state index contributed by atoms with van der Waals surface area (Å²) in [5.74, 6) is -2.03. The van der Waals surface area contributed by atoms with E-state index in [1.807, 2.05) is 0 Å². The molecule has 0 saturated carbocycles. The Bertz CT molecular complexity index is 766. The molecule has 0 aliphatic heterocycles. The van der Waals surface area contributed by atoms with E-state index in [9.17, 15) is 22.0 Å². The SMILES string of the molecule is Nc1cc(CNCCO)c(OCc2ccc(F)c(C(F)(F)F)c2)cc1F. The molecule has 0 aliphatic rings. The Hall–Kier alpha value is -2.39. The van der Waals surface area contributed by atoms with Crippen molar-refractivity contribution in [2.24, 2.45) is 0 Å². The van der Waals surface area contributed by atoms with Crippen molar-refractivity contribution in [3.63, 3.8) is 0 Å². The van der Waals surface area contributed by atoms with Crippen molar-refractivity contribution in [2.45, 2.75) is 19.3 Å². The van der Waals surface area contributed by atoms with Gasteiger partial charge in [0.25, 0.3) is 0 Å². The average molecular weight is 376 g/mol. The Balaban J connectivity index is 2.19. The smallest absolute Gasteiger partial charge is 0.419 e. The standard InChI is InChI=1S/C17H17F5N2O2/c18-13-2-1-10(5-12(13)17(20,21)22)9-26-16-7-14(19)15(23)6-11(16)8-24-3-4-25/h1-2,5-7,24-25H,3-4,8-9,23H2. The molecule has 142 valence electrons. The zero-order chi connectivity index (χ0) is 19.3. The number of benzene rings is 2. The molecular weight excluding hydrogens is 359 g/mol. The molecule has 26 heavy (non-hydrogen) atoms. The number of nitrogens with one attached hydrogen (secondary N) is 1. The normalized spacial score (nSPS) is 11.6. The first-order valence-electron chi connectivity index (χ1n) is 7.60. The number of aliphatic hydroxyl groups excluding tert-OH is 1. The summed E-state index contributed by atoms with van der Waals surface area (Å²) in [7, 11) is 0. The molecule has 2 aromatic rings. The summed E-state index contributed by atoms with van der Waals surface area (Å²) in [5, 5.41) is 11.6. The van der Waals surface area contributed by atoms with Crippen LogP contribution in [0.15, 0.2) is 30.3 Å². The second-order valence-electron chi connectivity index (χ2n) is 5.48. The lowest BCUT2D eigenvalue weighted by Crippen LogP contribution is -2.18. The monoisotopic (exact) mass is 376 g/mol. The van der Waals surface area contributed by atoms with Gasteiger partial charge in [0, 0.05) is 24.7 Å². The van der Waals surface area contributed by atoms with Gasteiger partial charge in [-0.15, -0.1) is 0 Å². The first-order chi connectivity index (χ1) is 12.2. The molecule has 4 N–H and O–H groups in total. The molecule has 0 aliphatic carbocycles. The maximum atomic E-state index is 13.7. The van der Waals surface area contributed by atoms with Gasteiger partial charge in [-0.1, -0.05) is 6.07 Å². The van der Waals surface area contributed by atoms with Gasteiger partial charge in [-0.25, -0.2) is 8.78 Å². The van der Waals surface area contributed by atoms with Crippen LogP contribution < -0.4 is 15.8 Å². The molecule has 0 spiro atoms. The average Bonchev–Trinajstić information content (AvgIpc) is 2.57. The molecule has 2 aromatic carbocycles. The Morgan fingerprint density at radius 1 is 1.08 bits per heavy atom. The molecule has 4 nitrogen and oxygen atoms in total. The van der Waals surface area contributed by atoms with Crippen molar-refractivity contribution in [3.8, 4) is 5.75 Å². The number of hydrogen-bond donors (Lipinski definition) is 3. The summed E-state index contributed by atoms with van der Waals surface area (Å²) in [6, 6.07) is 4.86. The molecule has 0 atom stereocenters. The zero-order valence-corrected chi connectivity index (χ0v) is 13.5. The maximum Gasteiger partial charge on any atom is 0.419 e. The Morgan fingerprint density at radius 3 is 2.46 bits per heavy atom. The van der Waals surface area contributed by atoms with Gasteiger partial charge in [-0.05, 0) is 23.8 Å². The van der Waals surface area contributed by atoms with E-state index in [4.69, 9.17) is 15.6 Å². The van der Waals surface area contributed by atoms with E-state index in [0.717, 1.165) is 12.1 Å². The fourth-order valence-electron chi connectivity index (χ4n) is 2.23. The number of ether oxygens (including phenoxy) is 1. The van der Waals surface area contributed by atoms with Crippen LogP contribution in [-0.4, -0.2) is 18.3 Å². The van der Waals surface area contributed by atoms with Gasteiger partial charge >= 0.3 is 6.18 Å². The van der Waals surface area contributed by atoms with Crippen molar-refractivity contribution >= 4 is 5.69 Å². The lowest BCUT2D eigenvalue weighted by Gasteiger charge is -2.15. The number of nitrogens with two attached hydrogens (primary N) is 1. The molecule has 0 heterocycles. The van der Waals surface area contributed by atoms with Crippen LogP contribution in [0.3, 0.4) is 0 Å². The number of rotatable bonds is 7. The van der Waals surface area contributed by atoms with Gasteiger partial charge in [0.05, 0.1) is 17.9 Å². The largest absolute Gasteiger partial charge is 0.488 e. The maximum absolute atomic E-state index is 13.7. The van der Waals surface area contributed by atoms with E-state index >= 15 is 0 Å². The summed E-state index contributed by atoms with van der Waals surface area (Å²) >= 11 is 0. The van der Waals surface area contributed by atoms with Crippen molar-refractivity contribution in [2.75, 3.05) is 18.9 Å². The van der Waals surface area contributed by atoms with Crippen LogP contribution in [0.4, 0.5) is 27.6 Å². The van der Waals surface area contributed by atoms with Gasteiger partial charge in [0.15, 0.2) is 0 Å². The van der Waals surface area contributed by atoms with E-state index < -0.39 is 23.4 Å². The van der Waals surface area contributed by atoms with E-state index in [0.29, 0.717) is 17.7 Å². The predicted octanol–water partition coefficient (Wildman–Crippen LogP) is 3.23. The molecule has 0 saturated heterocycles. The minimum atomic E-state index is -4.83. The van der Waals surface area contributed by atoms with Crippen LogP contribution in [0.25, 0.3) is 0 Å². The predicted molar refractivity (Wildman–Crippen MR) is 85.3 cm³/mol. The van der Waals surface area contributed by atoms with E-state index in [-0.39, 0.29) is 43.3 Å². The number of anilines is 1. The van der Waals surface area contributed by atoms with Crippen LogP contribution >= 0.6 is 0 Å². The second-order valence-corrected chi connectivity index (χ2v) is 5.48. The summed E-state index contributed by atoms with van der Waals surface area (Å²) in [6.45, 7) is 0.0591. The molecule has 2 rings (SSSR count). The Morgan fingerprint density at radius 2 is 1.81 bits per heavy atom. The number of aliphatic hydroxyl groups is 1. The zero-order valence-electron chi connectivity index (χ0n) is 13.5. The Labute approximate surface area is 146 Å². The van der Waals surface area contributed by atoms with Crippen molar-refractivity contribution in [3.05, 3.63) is 58.7 Å². The lowest BCUT2D eigenvalue weighted by atomic mass is 10.1. The van der Waals surface area contributed by atoms with Crippen molar-refractivity contribution in [1.82, 2.24) is 5.32 Å². The van der Waals surface area contributed by atoms with E-state index in [1.165, 1.54) is 6.07 Å². The molecule has 0 amide bonds. The van der Waals surface area contributed by atoms with Gasteiger partial charge in [-0.2, -0.15) is 13.2 Å². The summed E-state index contributed by atoms with van der Waals surface area (Å²) in [4.78, 5) is 0. The third kappa shape index (κ3) is 5.06. The topological polar surface area (TPSA) is 67.5 Å². The molecule has 0 bridgehead atoms. The Kier molecular flexibility index (Phi) is 6.38. The minimum absolute atomic E-state index is 0.0743. The summed E-state index contributed by atoms with van der Waals surface area (Å²) < 4.78 is 70.7. The molecule has 0 radical (unpaired) electrons. The van der Waals surface area contributed by atoms with Crippen LogP contribution in [-0.2, 0) is 19.3 Å². The quantitative estimate of drug-likeness (QED) is 0.394. The number of hydrogen-bond acceptors (Lipinski definition) is 4. The highest BCUT2D eigenvalue weighted by molar-refractivity contribution is 5.49. The van der Waals surface area contributed by atoms with Gasteiger partial charge in [0.2, 0.25) is 0 Å². The highest BCUT2D eigenvalue weighted by Gasteiger charge is 2.34. The molecule has 0 aromatic heterocycles. The van der Waals surface area contributed by atoms with Gasteiger partial charge in [0.1, 0.15) is 24.0 Å². The fourth-order valence-corrected chi connectivity index (χ4v) is 2.23. The van der Waals surface area contributed by atoms with E-state index in [2.05, 4.69) is 5.32 Å². The summed E-state index contributed by atoms with van der Waals surface area (Å²) in [6.07, 6.45) is -4.83. The van der Waals surface area contributed by atoms with Crippen molar-refractivity contribution < 1.29 is 31.8 Å². The number of alkyl halides is 3. The van der Waals surface area contributed by atoms with Crippen molar-refractivity contribution in [1.29, 1.82) is 0 Å². The third-order valence-electron chi connectivity index (χ3n) is 3.51. The van der Waals surface area contributed by atoms with E-state index in [1.54, 1.807) is 0 Å². The lowest BCUT2D eigenvalue weighted by molar-refractivity contribution is -0.140. The van der Waals surface area contributed by atoms with Crippen LogP contribution in [0.2, 0.25) is 0 Å². The van der Waals surface area contributed by atoms with Crippen LogP contribution in [0.1, 0.15) is 16.7 Å². The number of halogens is 5. The van der Waals surface area contributed by atoms with Crippen LogP contribution in [0, 0.1) is 11.6 Å². The van der Waals surface area contributed by atoms with Gasteiger partial charge < -0.3 is 20.9 Å². The molecule has 0 fully saturated rings. The first kappa shape index (κ1) is 19.9. The minimum Gasteiger partial charge on any atom is -0.488 e. The van der Waals surface area contributed by atoms with Crippen LogP contribution in [0.5, 0.6) is 5.75 Å². The highest BCUT2D eigenvalue weighted by Crippen LogP contribution is 2.32. The highest BCUT2D eigenvalue weighted by atomic mass is 19.4. The fraction of sp³-hybridized carbons (Fsp3) is 0.294. The molecule has 9 heteroatoms. The number of nitrogen functional groups attached to an aromatic ring is 1. The third-order valence-corrected chi connectivity index (χ3v) is 3.51.